The predicted octanol–water partition coefficient (Wildman–Crippen LogP) is 1.78. The maximum absolute atomic E-state index is 12.3. The number of aryl methyl sites for hydroxylation is 1. The van der Waals surface area contributed by atoms with Crippen molar-refractivity contribution in [2.45, 2.75) is 13.3 Å². The van der Waals surface area contributed by atoms with Gasteiger partial charge in [0.2, 0.25) is 0 Å². The summed E-state index contributed by atoms with van der Waals surface area (Å²) in [7, 11) is 0. The molecule has 0 aliphatic rings. The third-order valence-electron chi connectivity index (χ3n) is 1.62. The Balaban J connectivity index is 3.31. The van der Waals surface area contributed by atoms with Crippen LogP contribution in [0.1, 0.15) is 23.4 Å². The van der Waals surface area contributed by atoms with Crippen molar-refractivity contribution in [1.82, 2.24) is 4.98 Å². The molecule has 1 rings (SSSR count). The molecule has 1 heterocycles. The molecule has 3 nitrogen and oxygen atoms in total. The molecule has 0 saturated carbocycles. The number of nitriles is 1. The molecule has 0 bridgehead atoms. The number of nitrogen functional groups attached to an aromatic ring is 1. The van der Waals surface area contributed by atoms with E-state index in [1.807, 2.05) is 0 Å². The van der Waals surface area contributed by atoms with Crippen LogP contribution < -0.4 is 5.73 Å². The van der Waals surface area contributed by atoms with Gasteiger partial charge in [-0.25, -0.2) is 13.8 Å². The van der Waals surface area contributed by atoms with E-state index in [4.69, 9.17) is 11.0 Å². The van der Waals surface area contributed by atoms with E-state index < -0.39 is 6.43 Å². The number of nitrogens with two attached hydrogens (primary N) is 1. The third-order valence-corrected chi connectivity index (χ3v) is 1.62. The standard InChI is InChI=1S/C8H7F2N3/c1-4-5(8(9)10)2-6(12)7(3-11)13-4/h2,8H,12H2,1H3. The molecule has 0 amide bonds. The van der Waals surface area contributed by atoms with Gasteiger partial charge in [0.1, 0.15) is 6.07 Å². The van der Waals surface area contributed by atoms with Crippen LogP contribution in [0.3, 0.4) is 0 Å². The number of halogens is 2. The van der Waals surface area contributed by atoms with Crippen LogP contribution in [-0.2, 0) is 0 Å². The number of alkyl halides is 2. The molecule has 0 aliphatic heterocycles. The van der Waals surface area contributed by atoms with Gasteiger partial charge in [0.05, 0.1) is 5.69 Å². The quantitative estimate of drug-likeness (QED) is 0.721. The van der Waals surface area contributed by atoms with Crippen molar-refractivity contribution in [3.05, 3.63) is 23.0 Å². The summed E-state index contributed by atoms with van der Waals surface area (Å²) in [5.41, 5.74) is 5.21. The number of hydrogen-bond donors (Lipinski definition) is 1. The normalized spacial score (nSPS) is 10.1. The van der Waals surface area contributed by atoms with Crippen molar-refractivity contribution in [2.75, 3.05) is 5.73 Å². The van der Waals surface area contributed by atoms with Crippen LogP contribution in [0.15, 0.2) is 6.07 Å². The number of aromatic nitrogens is 1. The van der Waals surface area contributed by atoms with Gasteiger partial charge in [-0.2, -0.15) is 5.26 Å². The van der Waals surface area contributed by atoms with Crippen molar-refractivity contribution in [3.63, 3.8) is 0 Å². The smallest absolute Gasteiger partial charge is 0.265 e. The van der Waals surface area contributed by atoms with Crippen molar-refractivity contribution < 1.29 is 8.78 Å². The summed E-state index contributed by atoms with van der Waals surface area (Å²) in [6.07, 6.45) is -2.61. The number of pyridine rings is 1. The Bertz CT molecular complexity index is 368. The number of anilines is 1. The van der Waals surface area contributed by atoms with E-state index in [2.05, 4.69) is 4.98 Å². The first kappa shape index (κ1) is 9.39. The molecule has 2 N–H and O–H groups in total. The maximum atomic E-state index is 12.3. The molecule has 0 fully saturated rings. The Morgan fingerprint density at radius 2 is 2.23 bits per heavy atom. The molecule has 13 heavy (non-hydrogen) atoms. The van der Waals surface area contributed by atoms with Crippen LogP contribution in [0.4, 0.5) is 14.5 Å². The van der Waals surface area contributed by atoms with Gasteiger partial charge in [-0.05, 0) is 13.0 Å². The van der Waals surface area contributed by atoms with E-state index in [9.17, 15) is 8.78 Å². The van der Waals surface area contributed by atoms with Gasteiger partial charge in [-0.15, -0.1) is 0 Å². The molecule has 0 aromatic carbocycles. The molecule has 0 spiro atoms. The van der Waals surface area contributed by atoms with E-state index in [0.29, 0.717) is 0 Å². The molecule has 0 atom stereocenters. The van der Waals surface area contributed by atoms with E-state index in [1.54, 1.807) is 6.07 Å². The maximum Gasteiger partial charge on any atom is 0.265 e. The van der Waals surface area contributed by atoms with Gasteiger partial charge in [0.25, 0.3) is 6.43 Å². The Labute approximate surface area is 73.8 Å². The number of hydrogen-bond acceptors (Lipinski definition) is 3. The van der Waals surface area contributed by atoms with Crippen molar-refractivity contribution in [1.29, 1.82) is 5.26 Å². The largest absolute Gasteiger partial charge is 0.396 e. The Hall–Kier alpha value is -1.70. The summed E-state index contributed by atoms with van der Waals surface area (Å²) < 4.78 is 24.5. The molecule has 5 heteroatoms. The van der Waals surface area contributed by atoms with Gasteiger partial charge in [0, 0.05) is 11.3 Å². The van der Waals surface area contributed by atoms with Gasteiger partial charge in [-0.3, -0.25) is 0 Å². The summed E-state index contributed by atoms with van der Waals surface area (Å²) in [5.74, 6) is 0. The van der Waals surface area contributed by atoms with Crippen LogP contribution >= 0.6 is 0 Å². The summed E-state index contributed by atoms with van der Waals surface area (Å²) in [5, 5.41) is 8.49. The van der Waals surface area contributed by atoms with Crippen LogP contribution in [0, 0.1) is 18.3 Å². The molecular formula is C8H7F2N3. The van der Waals surface area contributed by atoms with Gasteiger partial charge in [0.15, 0.2) is 5.69 Å². The first-order valence-electron chi connectivity index (χ1n) is 3.51. The lowest BCUT2D eigenvalue weighted by molar-refractivity contribution is 0.150. The minimum absolute atomic E-state index is 0.0107. The first-order valence-corrected chi connectivity index (χ1v) is 3.51. The highest BCUT2D eigenvalue weighted by Crippen LogP contribution is 2.24. The average Bonchev–Trinajstić information content (AvgIpc) is 2.07. The summed E-state index contributed by atoms with van der Waals surface area (Å²) in [6.45, 7) is 1.42. The van der Waals surface area contributed by atoms with Gasteiger partial charge < -0.3 is 5.73 Å². The second-order valence-electron chi connectivity index (χ2n) is 2.51. The fourth-order valence-corrected chi connectivity index (χ4v) is 0.948. The SMILES string of the molecule is Cc1nc(C#N)c(N)cc1C(F)F. The van der Waals surface area contributed by atoms with E-state index in [1.165, 1.54) is 6.92 Å². The third kappa shape index (κ3) is 1.72. The minimum atomic E-state index is -2.61. The van der Waals surface area contributed by atoms with Crippen LogP contribution in [0.5, 0.6) is 0 Å². The zero-order chi connectivity index (χ0) is 10.0. The fraction of sp³-hybridized carbons (Fsp3) is 0.250. The van der Waals surface area contributed by atoms with Crippen LogP contribution in [0.25, 0.3) is 0 Å². The Morgan fingerprint density at radius 3 is 2.69 bits per heavy atom. The number of rotatable bonds is 1. The topological polar surface area (TPSA) is 62.7 Å². The zero-order valence-corrected chi connectivity index (χ0v) is 6.88. The van der Waals surface area contributed by atoms with Crippen molar-refractivity contribution in [3.8, 4) is 6.07 Å². The lowest BCUT2D eigenvalue weighted by Crippen LogP contribution is -2.01. The van der Waals surface area contributed by atoms with Crippen LogP contribution in [0.2, 0.25) is 0 Å². The predicted molar refractivity (Wildman–Crippen MR) is 43.1 cm³/mol. The van der Waals surface area contributed by atoms with E-state index in [-0.39, 0.29) is 22.6 Å². The minimum Gasteiger partial charge on any atom is -0.396 e. The highest BCUT2D eigenvalue weighted by Gasteiger charge is 2.14. The van der Waals surface area contributed by atoms with Crippen molar-refractivity contribution in [2.24, 2.45) is 0 Å². The molecule has 68 valence electrons. The summed E-state index contributed by atoms with van der Waals surface area (Å²) in [4.78, 5) is 3.65. The monoisotopic (exact) mass is 183 g/mol. The van der Waals surface area contributed by atoms with E-state index >= 15 is 0 Å². The molecule has 0 aliphatic carbocycles. The Kier molecular flexibility index (Phi) is 2.42. The van der Waals surface area contributed by atoms with Crippen molar-refractivity contribution >= 4 is 5.69 Å². The fourth-order valence-electron chi connectivity index (χ4n) is 0.948. The van der Waals surface area contributed by atoms with E-state index in [0.717, 1.165) is 6.07 Å². The molecule has 1 aromatic heterocycles. The summed E-state index contributed by atoms with van der Waals surface area (Å²) in [6, 6.07) is 2.81. The highest BCUT2D eigenvalue weighted by atomic mass is 19.3. The molecular weight excluding hydrogens is 176 g/mol. The zero-order valence-electron chi connectivity index (χ0n) is 6.88. The van der Waals surface area contributed by atoms with Gasteiger partial charge >= 0.3 is 0 Å². The highest BCUT2D eigenvalue weighted by molar-refractivity contribution is 5.52. The first-order chi connectivity index (χ1) is 6.06. The lowest BCUT2D eigenvalue weighted by Gasteiger charge is -2.05. The molecule has 0 saturated heterocycles. The second kappa shape index (κ2) is 3.35. The average molecular weight is 183 g/mol. The Morgan fingerprint density at radius 1 is 1.62 bits per heavy atom. The second-order valence-corrected chi connectivity index (χ2v) is 2.51. The van der Waals surface area contributed by atoms with Gasteiger partial charge in [-0.1, -0.05) is 0 Å². The van der Waals surface area contributed by atoms with Crippen LogP contribution in [-0.4, -0.2) is 4.98 Å². The molecule has 0 radical (unpaired) electrons. The molecule has 1 aromatic rings. The molecule has 0 unspecified atom stereocenters. The number of nitrogens with zero attached hydrogens (tertiary/aromatic N) is 2. The lowest BCUT2D eigenvalue weighted by atomic mass is 10.1. The summed E-state index contributed by atoms with van der Waals surface area (Å²) >= 11 is 0.